The highest BCUT2D eigenvalue weighted by Gasteiger charge is 2.19. The van der Waals surface area contributed by atoms with Gasteiger partial charge < -0.3 is 13.7 Å². The fourth-order valence-corrected chi connectivity index (χ4v) is 9.76. The van der Waals surface area contributed by atoms with Crippen LogP contribution in [0.25, 0.3) is 98.0 Å². The molecule has 0 unspecified atom stereocenters. The molecule has 0 radical (unpaired) electrons. The Kier molecular flexibility index (Phi) is 8.00. The Morgan fingerprint density at radius 3 is 1.65 bits per heavy atom. The van der Waals surface area contributed by atoms with E-state index >= 15 is 0 Å². The van der Waals surface area contributed by atoms with Crippen LogP contribution in [0.1, 0.15) is 0 Å². The van der Waals surface area contributed by atoms with E-state index in [0.29, 0.717) is 5.89 Å². The predicted octanol–water partition coefficient (Wildman–Crippen LogP) is 16.2. The lowest BCUT2D eigenvalue weighted by molar-refractivity contribution is 0.619. The van der Waals surface area contributed by atoms with Gasteiger partial charge in [0.1, 0.15) is 16.7 Å². The number of oxazole rings is 1. The Morgan fingerprint density at radius 1 is 0.367 bits per heavy atom. The molecule has 3 aromatic heterocycles. The highest BCUT2D eigenvalue weighted by atomic mass is 32.1. The van der Waals surface area contributed by atoms with Crippen LogP contribution < -0.4 is 4.90 Å². The summed E-state index contributed by atoms with van der Waals surface area (Å²) in [6.07, 6.45) is 0. The van der Waals surface area contributed by atoms with Crippen molar-refractivity contribution in [2.75, 3.05) is 4.90 Å². The first kappa shape index (κ1) is 34.3. The Balaban J connectivity index is 0.911. The van der Waals surface area contributed by atoms with E-state index in [4.69, 9.17) is 13.8 Å². The molecule has 5 heteroatoms. The molecule has 0 N–H and O–H groups in total. The molecule has 3 heterocycles. The third-order valence-electron chi connectivity index (χ3n) is 11.5. The van der Waals surface area contributed by atoms with Crippen molar-refractivity contribution < 1.29 is 8.83 Å². The molecule has 0 aliphatic carbocycles. The van der Waals surface area contributed by atoms with Gasteiger partial charge in [0, 0.05) is 48.2 Å². The smallest absolute Gasteiger partial charge is 0.227 e. The minimum Gasteiger partial charge on any atom is -0.456 e. The number of rotatable bonds is 7. The van der Waals surface area contributed by atoms with Gasteiger partial charge >= 0.3 is 0 Å². The second-order valence-electron chi connectivity index (χ2n) is 15.1. The average molecular weight is 787 g/mol. The topological polar surface area (TPSA) is 42.4 Å². The van der Waals surface area contributed by atoms with Gasteiger partial charge in [-0.1, -0.05) is 121 Å². The molecule has 12 aromatic rings. The van der Waals surface area contributed by atoms with Gasteiger partial charge in [-0.15, -0.1) is 11.3 Å². The molecule has 60 heavy (non-hydrogen) atoms. The van der Waals surface area contributed by atoms with Crippen molar-refractivity contribution in [2.24, 2.45) is 0 Å². The Bertz CT molecular complexity index is 3510. The molecule has 282 valence electrons. The molecule has 0 aliphatic heterocycles. The van der Waals surface area contributed by atoms with Gasteiger partial charge in [-0.25, -0.2) is 4.98 Å². The first-order valence-electron chi connectivity index (χ1n) is 20.1. The van der Waals surface area contributed by atoms with Crippen molar-refractivity contribution in [2.45, 2.75) is 0 Å². The van der Waals surface area contributed by atoms with Crippen LogP contribution in [0.5, 0.6) is 0 Å². The molecule has 0 aliphatic rings. The molecule has 9 aromatic carbocycles. The highest BCUT2D eigenvalue weighted by molar-refractivity contribution is 7.25. The van der Waals surface area contributed by atoms with Gasteiger partial charge in [0.15, 0.2) is 5.58 Å². The zero-order valence-electron chi connectivity index (χ0n) is 32.2. The van der Waals surface area contributed by atoms with Crippen molar-refractivity contribution >= 4 is 81.6 Å². The van der Waals surface area contributed by atoms with Gasteiger partial charge in [0.05, 0.1) is 5.39 Å². The quantitative estimate of drug-likeness (QED) is 0.161. The van der Waals surface area contributed by atoms with Crippen LogP contribution in [0.15, 0.2) is 215 Å². The minimum absolute atomic E-state index is 0.603. The number of nitrogens with zero attached hydrogens (tertiary/aromatic N) is 2. The van der Waals surface area contributed by atoms with Crippen LogP contribution in [0.3, 0.4) is 0 Å². The third kappa shape index (κ3) is 5.78. The van der Waals surface area contributed by atoms with Crippen molar-refractivity contribution in [3.63, 3.8) is 0 Å². The van der Waals surface area contributed by atoms with Gasteiger partial charge in [-0.3, -0.25) is 0 Å². The largest absolute Gasteiger partial charge is 0.456 e. The first-order valence-corrected chi connectivity index (χ1v) is 20.9. The summed E-state index contributed by atoms with van der Waals surface area (Å²) in [5.74, 6) is 0.603. The second kappa shape index (κ2) is 14.0. The van der Waals surface area contributed by atoms with Crippen LogP contribution in [0.4, 0.5) is 17.1 Å². The van der Waals surface area contributed by atoms with Gasteiger partial charge in [-0.2, -0.15) is 0 Å². The van der Waals surface area contributed by atoms with Crippen molar-refractivity contribution in [1.29, 1.82) is 0 Å². The van der Waals surface area contributed by atoms with Gasteiger partial charge in [0.25, 0.3) is 0 Å². The van der Waals surface area contributed by atoms with E-state index in [-0.39, 0.29) is 0 Å². The molecule has 0 spiro atoms. The molecule has 4 nitrogen and oxygen atoms in total. The van der Waals surface area contributed by atoms with Crippen LogP contribution in [-0.2, 0) is 0 Å². The number of hydrogen-bond acceptors (Lipinski definition) is 5. The molecule has 0 fully saturated rings. The van der Waals surface area contributed by atoms with Crippen LogP contribution in [0.2, 0.25) is 0 Å². The maximum Gasteiger partial charge on any atom is 0.227 e. The number of aromatic nitrogens is 1. The summed E-state index contributed by atoms with van der Waals surface area (Å²) in [6.45, 7) is 0. The summed E-state index contributed by atoms with van der Waals surface area (Å²) in [5, 5.41) is 4.61. The average Bonchev–Trinajstić information content (AvgIpc) is 4.04. The van der Waals surface area contributed by atoms with Crippen molar-refractivity contribution in [3.05, 3.63) is 206 Å². The molecular formula is C55H34N2O2S. The normalized spacial score (nSPS) is 11.7. The van der Waals surface area contributed by atoms with E-state index < -0.39 is 0 Å². The summed E-state index contributed by atoms with van der Waals surface area (Å²) in [6, 6.07) is 72.9. The number of furan rings is 1. The van der Waals surface area contributed by atoms with Crippen molar-refractivity contribution in [1.82, 2.24) is 4.98 Å². The summed E-state index contributed by atoms with van der Waals surface area (Å²) < 4.78 is 15.3. The Morgan fingerprint density at radius 2 is 0.933 bits per heavy atom. The van der Waals surface area contributed by atoms with Crippen LogP contribution >= 0.6 is 11.3 Å². The number of hydrogen-bond donors (Lipinski definition) is 0. The van der Waals surface area contributed by atoms with Gasteiger partial charge in [-0.05, 0) is 118 Å². The Labute approximate surface area is 349 Å². The predicted molar refractivity (Wildman–Crippen MR) is 251 cm³/mol. The van der Waals surface area contributed by atoms with E-state index in [9.17, 15) is 0 Å². The molecule has 0 saturated carbocycles. The summed E-state index contributed by atoms with van der Waals surface area (Å²) in [5.41, 5.74) is 14.3. The lowest BCUT2D eigenvalue weighted by Crippen LogP contribution is -2.09. The van der Waals surface area contributed by atoms with Crippen molar-refractivity contribution in [3.8, 4) is 44.8 Å². The standard InChI is InChI=1S/C55H34N2O2S/c1-3-10-35(11-4-1)36-18-25-41(26-19-36)57(43-29-22-38(23-30-43)44-15-9-17-51-52(44)46-14-7-8-16-50(46)60-51)42-27-20-37(21-28-42)40-24-31-45-49(34-40)58-47-32-33-48-54(53(45)47)56-55(59-48)39-12-5-2-6-13-39/h1-34H. The molecular weight excluding hydrogens is 753 g/mol. The highest BCUT2D eigenvalue weighted by Crippen LogP contribution is 2.43. The maximum atomic E-state index is 6.45. The number of benzene rings is 9. The summed E-state index contributed by atoms with van der Waals surface area (Å²) in [4.78, 5) is 7.25. The van der Waals surface area contributed by atoms with Crippen LogP contribution in [-0.4, -0.2) is 4.98 Å². The lowest BCUT2D eigenvalue weighted by Gasteiger charge is -2.26. The summed E-state index contributed by atoms with van der Waals surface area (Å²) >= 11 is 1.85. The van der Waals surface area contributed by atoms with Crippen LogP contribution in [0, 0.1) is 0 Å². The molecule has 0 atom stereocenters. The fourth-order valence-electron chi connectivity index (χ4n) is 8.63. The third-order valence-corrected chi connectivity index (χ3v) is 12.7. The monoisotopic (exact) mass is 786 g/mol. The molecule has 12 rings (SSSR count). The minimum atomic E-state index is 0.603. The van der Waals surface area contributed by atoms with E-state index in [1.165, 1.54) is 42.4 Å². The van der Waals surface area contributed by atoms with E-state index in [1.807, 2.05) is 53.8 Å². The SMILES string of the molecule is c1ccc(-c2ccc(N(c3ccc(-c4ccc5c(c4)oc4ccc6oc(-c7ccccc7)nc6c45)cc3)c3ccc(-c4cccc5sc6ccccc6c45)cc3)cc2)cc1. The second-order valence-corrected chi connectivity index (χ2v) is 16.2. The lowest BCUT2D eigenvalue weighted by atomic mass is 9.99. The zero-order valence-corrected chi connectivity index (χ0v) is 33.1. The number of fused-ring (bicyclic) bond motifs is 8. The maximum absolute atomic E-state index is 6.45. The molecule has 0 saturated heterocycles. The fraction of sp³-hybridized carbons (Fsp3) is 0. The summed E-state index contributed by atoms with van der Waals surface area (Å²) in [7, 11) is 0. The van der Waals surface area contributed by atoms with E-state index in [0.717, 1.165) is 66.8 Å². The van der Waals surface area contributed by atoms with Gasteiger partial charge in [0.2, 0.25) is 5.89 Å². The van der Waals surface area contributed by atoms with E-state index in [1.54, 1.807) is 0 Å². The number of thiophene rings is 1. The molecule has 0 bridgehead atoms. The number of anilines is 3. The molecule has 0 amide bonds. The zero-order chi connectivity index (χ0) is 39.6. The Hall–Kier alpha value is -7.73. The first-order chi connectivity index (χ1) is 29.7. The van der Waals surface area contributed by atoms with E-state index in [2.05, 4.69) is 169 Å².